The quantitative estimate of drug-likeness (QED) is 0.371. The van der Waals surface area contributed by atoms with Gasteiger partial charge in [0, 0.05) is 10.9 Å². The molecule has 1 N–H and O–H groups in total. The number of nitrogens with one attached hydrogen (secondary N) is 1. The highest BCUT2D eigenvalue weighted by molar-refractivity contribution is 6.17. The largest absolute Gasteiger partial charge is 0.481 e. The first-order chi connectivity index (χ1) is 15.5. The fourth-order valence-corrected chi connectivity index (χ4v) is 3.45. The van der Waals surface area contributed by atoms with Gasteiger partial charge in [0.25, 0.3) is 5.91 Å². The van der Waals surface area contributed by atoms with E-state index in [-0.39, 0.29) is 17.5 Å². The standard InChI is InChI=1S/C27H25NO4/c1-4-19-11-15-21(16-12-19)31-18(3)27(30)28-24-22-7-5-6-8-23(22)32-26(24)25(29)20-13-9-17(2)10-14-20/h5-16,18H,4H2,1-3H3,(H,28,30)/t18-/m1/s1. The number of carbonyl (C=O) groups excluding carboxylic acids is 2. The van der Waals surface area contributed by atoms with E-state index in [1.807, 2.05) is 61.5 Å². The van der Waals surface area contributed by atoms with Crippen molar-refractivity contribution in [2.45, 2.75) is 33.3 Å². The molecule has 0 bridgehead atoms. The molecule has 0 unspecified atom stereocenters. The van der Waals surface area contributed by atoms with Crippen molar-refractivity contribution in [2.24, 2.45) is 0 Å². The van der Waals surface area contributed by atoms with E-state index in [4.69, 9.17) is 9.15 Å². The number of ketones is 1. The van der Waals surface area contributed by atoms with Crippen molar-refractivity contribution >= 4 is 28.3 Å². The third-order valence-electron chi connectivity index (χ3n) is 5.38. The average molecular weight is 428 g/mol. The van der Waals surface area contributed by atoms with Gasteiger partial charge in [-0.05, 0) is 50.1 Å². The van der Waals surface area contributed by atoms with Gasteiger partial charge < -0.3 is 14.5 Å². The van der Waals surface area contributed by atoms with E-state index in [1.54, 1.807) is 25.1 Å². The number of amides is 1. The second kappa shape index (κ2) is 9.10. The zero-order valence-corrected chi connectivity index (χ0v) is 18.3. The van der Waals surface area contributed by atoms with E-state index >= 15 is 0 Å². The van der Waals surface area contributed by atoms with E-state index in [0.29, 0.717) is 28.0 Å². The highest BCUT2D eigenvalue weighted by atomic mass is 16.5. The van der Waals surface area contributed by atoms with Gasteiger partial charge in [0.2, 0.25) is 5.78 Å². The number of rotatable bonds is 7. The zero-order chi connectivity index (χ0) is 22.7. The fourth-order valence-electron chi connectivity index (χ4n) is 3.45. The van der Waals surface area contributed by atoms with E-state index in [0.717, 1.165) is 12.0 Å². The van der Waals surface area contributed by atoms with Crippen molar-refractivity contribution in [1.29, 1.82) is 0 Å². The minimum Gasteiger partial charge on any atom is -0.481 e. The van der Waals surface area contributed by atoms with Gasteiger partial charge in [0.15, 0.2) is 11.9 Å². The summed E-state index contributed by atoms with van der Waals surface area (Å²) in [5.74, 6) is 0.0510. The molecule has 1 amide bonds. The van der Waals surface area contributed by atoms with Crippen LogP contribution >= 0.6 is 0 Å². The first kappa shape index (κ1) is 21.4. The van der Waals surface area contributed by atoms with Crippen LogP contribution in [0.15, 0.2) is 77.2 Å². The van der Waals surface area contributed by atoms with Gasteiger partial charge in [0.1, 0.15) is 11.3 Å². The maximum Gasteiger partial charge on any atom is 0.265 e. The lowest BCUT2D eigenvalue weighted by Crippen LogP contribution is -2.30. The van der Waals surface area contributed by atoms with Crippen LogP contribution in [0.1, 0.15) is 41.1 Å². The number of anilines is 1. The predicted octanol–water partition coefficient (Wildman–Crippen LogP) is 5.94. The number of para-hydroxylation sites is 1. The molecule has 32 heavy (non-hydrogen) atoms. The van der Waals surface area contributed by atoms with Gasteiger partial charge in [-0.2, -0.15) is 0 Å². The summed E-state index contributed by atoms with van der Waals surface area (Å²) in [6.45, 7) is 5.71. The molecule has 1 heterocycles. The summed E-state index contributed by atoms with van der Waals surface area (Å²) in [6, 6.07) is 22.1. The molecule has 0 aliphatic carbocycles. The van der Waals surface area contributed by atoms with Crippen molar-refractivity contribution in [3.63, 3.8) is 0 Å². The highest BCUT2D eigenvalue weighted by Crippen LogP contribution is 2.33. The molecule has 5 nitrogen and oxygen atoms in total. The van der Waals surface area contributed by atoms with Crippen LogP contribution in [0.5, 0.6) is 5.75 Å². The second-order valence-corrected chi connectivity index (χ2v) is 7.74. The number of hydrogen-bond acceptors (Lipinski definition) is 4. The van der Waals surface area contributed by atoms with E-state index in [9.17, 15) is 9.59 Å². The summed E-state index contributed by atoms with van der Waals surface area (Å²) in [4.78, 5) is 26.1. The number of benzene rings is 3. The Balaban J connectivity index is 1.61. The third kappa shape index (κ3) is 4.42. The summed E-state index contributed by atoms with van der Waals surface area (Å²) in [5.41, 5.74) is 3.62. The van der Waals surface area contributed by atoms with Gasteiger partial charge >= 0.3 is 0 Å². The second-order valence-electron chi connectivity index (χ2n) is 7.74. The topological polar surface area (TPSA) is 68.5 Å². The summed E-state index contributed by atoms with van der Waals surface area (Å²) in [5, 5.41) is 3.52. The molecule has 0 spiro atoms. The molecule has 0 radical (unpaired) electrons. The van der Waals surface area contributed by atoms with Crippen LogP contribution in [0, 0.1) is 6.92 Å². The Morgan fingerprint density at radius 3 is 2.34 bits per heavy atom. The van der Waals surface area contributed by atoms with Crippen LogP contribution in [-0.4, -0.2) is 17.8 Å². The van der Waals surface area contributed by atoms with Gasteiger partial charge in [-0.25, -0.2) is 0 Å². The molecule has 0 fully saturated rings. The van der Waals surface area contributed by atoms with Crippen molar-refractivity contribution < 1.29 is 18.7 Å². The molecule has 3 aromatic carbocycles. The Hall–Kier alpha value is -3.86. The Morgan fingerprint density at radius 2 is 1.66 bits per heavy atom. The Bertz CT molecular complexity index is 1250. The third-order valence-corrected chi connectivity index (χ3v) is 5.38. The molecule has 162 valence electrons. The lowest BCUT2D eigenvalue weighted by atomic mass is 10.1. The van der Waals surface area contributed by atoms with Crippen molar-refractivity contribution in [2.75, 3.05) is 5.32 Å². The van der Waals surface area contributed by atoms with Crippen LogP contribution in [0.25, 0.3) is 11.0 Å². The molecular formula is C27H25NO4. The molecule has 0 aliphatic heterocycles. The normalized spacial score (nSPS) is 11.8. The summed E-state index contributed by atoms with van der Waals surface area (Å²) in [7, 11) is 0. The number of furan rings is 1. The Labute approximate surface area is 187 Å². The lowest BCUT2D eigenvalue weighted by molar-refractivity contribution is -0.122. The van der Waals surface area contributed by atoms with Gasteiger partial charge in [0.05, 0.1) is 5.69 Å². The van der Waals surface area contributed by atoms with E-state index < -0.39 is 6.10 Å². The average Bonchev–Trinajstić information content (AvgIpc) is 3.18. The molecule has 1 atom stereocenters. The van der Waals surface area contributed by atoms with Crippen LogP contribution in [0.3, 0.4) is 0 Å². The summed E-state index contributed by atoms with van der Waals surface area (Å²) in [6.07, 6.45) is 0.167. The minimum absolute atomic E-state index is 0.0999. The number of ether oxygens (including phenoxy) is 1. The molecule has 0 saturated carbocycles. The zero-order valence-electron chi connectivity index (χ0n) is 18.3. The molecule has 0 aliphatic rings. The van der Waals surface area contributed by atoms with Gasteiger partial charge in [-0.1, -0.05) is 61.0 Å². The SMILES string of the molecule is CCc1ccc(O[C@H](C)C(=O)Nc2c(C(=O)c3ccc(C)cc3)oc3ccccc23)cc1. The lowest BCUT2D eigenvalue weighted by Gasteiger charge is -2.15. The van der Waals surface area contributed by atoms with E-state index in [1.165, 1.54) is 5.56 Å². The summed E-state index contributed by atoms with van der Waals surface area (Å²) >= 11 is 0. The van der Waals surface area contributed by atoms with Crippen molar-refractivity contribution in [3.05, 3.63) is 95.2 Å². The molecule has 4 rings (SSSR count). The van der Waals surface area contributed by atoms with E-state index in [2.05, 4.69) is 12.2 Å². The van der Waals surface area contributed by atoms with Crippen molar-refractivity contribution in [1.82, 2.24) is 0 Å². The fraction of sp³-hybridized carbons (Fsp3) is 0.185. The van der Waals surface area contributed by atoms with Crippen LogP contribution in [0.2, 0.25) is 0 Å². The minimum atomic E-state index is -0.765. The first-order valence-corrected chi connectivity index (χ1v) is 10.7. The van der Waals surface area contributed by atoms with Gasteiger partial charge in [-0.3, -0.25) is 9.59 Å². The van der Waals surface area contributed by atoms with Crippen LogP contribution in [-0.2, 0) is 11.2 Å². The maximum atomic E-state index is 13.2. The Morgan fingerprint density at radius 1 is 0.969 bits per heavy atom. The smallest absolute Gasteiger partial charge is 0.265 e. The molecular weight excluding hydrogens is 402 g/mol. The number of carbonyl (C=O) groups is 2. The Kier molecular flexibility index (Phi) is 6.08. The predicted molar refractivity (Wildman–Crippen MR) is 125 cm³/mol. The number of fused-ring (bicyclic) bond motifs is 1. The molecule has 1 aromatic heterocycles. The summed E-state index contributed by atoms with van der Waals surface area (Å²) < 4.78 is 11.7. The number of aryl methyl sites for hydroxylation is 2. The molecule has 4 aromatic rings. The molecule has 0 saturated heterocycles. The van der Waals surface area contributed by atoms with Crippen LogP contribution < -0.4 is 10.1 Å². The highest BCUT2D eigenvalue weighted by Gasteiger charge is 2.25. The number of hydrogen-bond donors (Lipinski definition) is 1. The van der Waals surface area contributed by atoms with Crippen molar-refractivity contribution in [3.8, 4) is 5.75 Å². The van der Waals surface area contributed by atoms with Gasteiger partial charge in [-0.15, -0.1) is 0 Å². The van der Waals surface area contributed by atoms with Crippen LogP contribution in [0.4, 0.5) is 5.69 Å². The monoisotopic (exact) mass is 427 g/mol. The molecule has 5 heteroatoms. The first-order valence-electron chi connectivity index (χ1n) is 10.7. The maximum absolute atomic E-state index is 13.2.